The van der Waals surface area contributed by atoms with E-state index in [9.17, 15) is 0 Å². The number of aromatic nitrogens is 1. The summed E-state index contributed by atoms with van der Waals surface area (Å²) in [6.45, 7) is 7.84. The Balaban J connectivity index is 1.82. The monoisotopic (exact) mass is 330 g/mol. The Labute approximate surface area is 143 Å². The van der Waals surface area contributed by atoms with Crippen LogP contribution in [-0.2, 0) is 6.54 Å². The van der Waals surface area contributed by atoms with Crippen LogP contribution >= 0.6 is 11.3 Å². The fourth-order valence-electron chi connectivity index (χ4n) is 3.10. The molecule has 3 rings (SSSR count). The predicted octanol–water partition coefficient (Wildman–Crippen LogP) is 4.93. The molecule has 0 N–H and O–H groups in total. The van der Waals surface area contributed by atoms with Gasteiger partial charge in [0.1, 0.15) is 10.8 Å². The summed E-state index contributed by atoms with van der Waals surface area (Å²) in [5.41, 5.74) is 3.48. The molecule has 1 saturated heterocycles. The number of rotatable bonds is 5. The summed E-state index contributed by atoms with van der Waals surface area (Å²) in [5, 5.41) is 3.38. The number of piperidine rings is 1. The van der Waals surface area contributed by atoms with E-state index in [4.69, 9.17) is 9.72 Å². The molecule has 2 aromatic rings. The maximum absolute atomic E-state index is 5.55. The highest BCUT2D eigenvalue weighted by Gasteiger charge is 2.15. The zero-order valence-corrected chi connectivity index (χ0v) is 15.2. The molecule has 1 aromatic carbocycles. The molecule has 1 aliphatic heterocycles. The van der Waals surface area contributed by atoms with Crippen LogP contribution in [0.25, 0.3) is 11.3 Å². The van der Waals surface area contributed by atoms with E-state index in [0.717, 1.165) is 23.6 Å². The lowest BCUT2D eigenvalue weighted by atomic mass is 9.99. The minimum atomic E-state index is 0.506. The third-order valence-electron chi connectivity index (χ3n) is 4.53. The van der Waals surface area contributed by atoms with Crippen LogP contribution in [-0.4, -0.2) is 30.1 Å². The largest absolute Gasteiger partial charge is 0.496 e. The molecule has 2 heterocycles. The van der Waals surface area contributed by atoms with Crippen molar-refractivity contribution in [2.45, 2.75) is 45.6 Å². The van der Waals surface area contributed by atoms with Crippen molar-refractivity contribution in [3.05, 3.63) is 34.2 Å². The van der Waals surface area contributed by atoms with Gasteiger partial charge in [0.2, 0.25) is 0 Å². The van der Waals surface area contributed by atoms with Crippen molar-refractivity contribution >= 4 is 11.3 Å². The van der Waals surface area contributed by atoms with Crippen molar-refractivity contribution in [2.24, 2.45) is 0 Å². The average molecular weight is 330 g/mol. The molecule has 0 atom stereocenters. The van der Waals surface area contributed by atoms with Gasteiger partial charge in [-0.3, -0.25) is 4.90 Å². The molecule has 1 fully saturated rings. The SMILES string of the molecule is COc1ccc(C(C)C)cc1-c1csc(CN2CCCCC2)n1. The number of hydrogen-bond donors (Lipinski definition) is 0. The number of thiazole rings is 1. The number of benzene rings is 1. The lowest BCUT2D eigenvalue weighted by Crippen LogP contribution is -2.28. The zero-order chi connectivity index (χ0) is 16.2. The second kappa shape index (κ2) is 7.45. The van der Waals surface area contributed by atoms with E-state index < -0.39 is 0 Å². The Hall–Kier alpha value is -1.39. The van der Waals surface area contributed by atoms with Crippen LogP contribution in [0.15, 0.2) is 23.6 Å². The first-order valence-corrected chi connectivity index (χ1v) is 9.40. The second-order valence-corrected chi connectivity index (χ2v) is 7.52. The third kappa shape index (κ3) is 3.93. The van der Waals surface area contributed by atoms with E-state index in [1.807, 2.05) is 0 Å². The maximum Gasteiger partial charge on any atom is 0.128 e. The summed E-state index contributed by atoms with van der Waals surface area (Å²) >= 11 is 1.76. The molecule has 23 heavy (non-hydrogen) atoms. The van der Waals surface area contributed by atoms with Crippen molar-refractivity contribution in [3.8, 4) is 17.0 Å². The molecule has 1 aliphatic rings. The number of nitrogens with zero attached hydrogens (tertiary/aromatic N) is 2. The molecule has 0 bridgehead atoms. The van der Waals surface area contributed by atoms with E-state index in [1.165, 1.54) is 42.9 Å². The summed E-state index contributed by atoms with van der Waals surface area (Å²) in [7, 11) is 1.73. The van der Waals surface area contributed by atoms with Gasteiger partial charge < -0.3 is 4.74 Å². The standard InChI is InChI=1S/C19H26N2OS/c1-14(2)15-7-8-18(22-3)16(11-15)17-13-23-19(20-17)12-21-9-5-4-6-10-21/h7-8,11,13-14H,4-6,9-10,12H2,1-3H3. The van der Waals surface area contributed by atoms with Gasteiger partial charge in [-0.15, -0.1) is 11.3 Å². The number of methoxy groups -OCH3 is 1. The van der Waals surface area contributed by atoms with Crippen LogP contribution in [0.3, 0.4) is 0 Å². The Bertz CT molecular complexity index is 645. The van der Waals surface area contributed by atoms with Gasteiger partial charge in [-0.25, -0.2) is 4.98 Å². The lowest BCUT2D eigenvalue weighted by Gasteiger charge is -2.25. The van der Waals surface area contributed by atoms with E-state index in [2.05, 4.69) is 42.3 Å². The van der Waals surface area contributed by atoms with Gasteiger partial charge in [-0.05, 0) is 49.5 Å². The molecule has 4 heteroatoms. The van der Waals surface area contributed by atoms with Gasteiger partial charge in [0.15, 0.2) is 0 Å². The van der Waals surface area contributed by atoms with Crippen molar-refractivity contribution in [3.63, 3.8) is 0 Å². The van der Waals surface area contributed by atoms with Crippen LogP contribution in [0.2, 0.25) is 0 Å². The second-order valence-electron chi connectivity index (χ2n) is 6.58. The highest BCUT2D eigenvalue weighted by molar-refractivity contribution is 7.09. The molecule has 0 unspecified atom stereocenters. The minimum absolute atomic E-state index is 0.506. The highest BCUT2D eigenvalue weighted by Crippen LogP contribution is 2.33. The molecular formula is C19H26N2OS. The quantitative estimate of drug-likeness (QED) is 0.777. The molecule has 3 nitrogen and oxygen atoms in total. The average Bonchev–Trinajstić information content (AvgIpc) is 3.03. The topological polar surface area (TPSA) is 25.4 Å². The van der Waals surface area contributed by atoms with Gasteiger partial charge >= 0.3 is 0 Å². The normalized spacial score (nSPS) is 16.0. The summed E-state index contributed by atoms with van der Waals surface area (Å²) in [4.78, 5) is 7.40. The van der Waals surface area contributed by atoms with Crippen LogP contribution in [0.5, 0.6) is 5.75 Å². The van der Waals surface area contributed by atoms with Crippen LogP contribution in [0, 0.1) is 0 Å². The van der Waals surface area contributed by atoms with Gasteiger partial charge in [0.25, 0.3) is 0 Å². The fraction of sp³-hybridized carbons (Fsp3) is 0.526. The molecular weight excluding hydrogens is 304 g/mol. The smallest absolute Gasteiger partial charge is 0.128 e. The van der Waals surface area contributed by atoms with Crippen molar-refractivity contribution in [1.29, 1.82) is 0 Å². The Morgan fingerprint density at radius 3 is 2.70 bits per heavy atom. The summed E-state index contributed by atoms with van der Waals surface area (Å²) in [6, 6.07) is 6.44. The van der Waals surface area contributed by atoms with Crippen LogP contribution < -0.4 is 4.74 Å². The van der Waals surface area contributed by atoms with Crippen molar-refractivity contribution in [2.75, 3.05) is 20.2 Å². The van der Waals surface area contributed by atoms with Crippen LogP contribution in [0.1, 0.15) is 49.6 Å². The number of hydrogen-bond acceptors (Lipinski definition) is 4. The Kier molecular flexibility index (Phi) is 5.34. The van der Waals surface area contributed by atoms with E-state index >= 15 is 0 Å². The van der Waals surface area contributed by atoms with E-state index in [0.29, 0.717) is 5.92 Å². The Morgan fingerprint density at radius 2 is 2.00 bits per heavy atom. The Morgan fingerprint density at radius 1 is 1.22 bits per heavy atom. The maximum atomic E-state index is 5.55. The minimum Gasteiger partial charge on any atom is -0.496 e. The number of ether oxygens (including phenoxy) is 1. The molecule has 1 aromatic heterocycles. The first kappa shape index (κ1) is 16.5. The van der Waals surface area contributed by atoms with Gasteiger partial charge in [0, 0.05) is 10.9 Å². The molecule has 0 spiro atoms. The first-order chi connectivity index (χ1) is 11.2. The molecule has 124 valence electrons. The molecule has 0 radical (unpaired) electrons. The van der Waals surface area contributed by atoms with Crippen LogP contribution in [0.4, 0.5) is 0 Å². The van der Waals surface area contributed by atoms with E-state index in [-0.39, 0.29) is 0 Å². The zero-order valence-electron chi connectivity index (χ0n) is 14.3. The summed E-state index contributed by atoms with van der Waals surface area (Å²) < 4.78 is 5.55. The van der Waals surface area contributed by atoms with Gasteiger partial charge in [-0.2, -0.15) is 0 Å². The fourth-order valence-corrected chi connectivity index (χ4v) is 3.94. The van der Waals surface area contributed by atoms with Gasteiger partial charge in [0.05, 0.1) is 19.3 Å². The lowest BCUT2D eigenvalue weighted by molar-refractivity contribution is 0.220. The first-order valence-electron chi connectivity index (χ1n) is 8.52. The number of likely N-dealkylation sites (tertiary alicyclic amines) is 1. The molecule has 0 aliphatic carbocycles. The molecule has 0 amide bonds. The highest BCUT2D eigenvalue weighted by atomic mass is 32.1. The van der Waals surface area contributed by atoms with Crippen molar-refractivity contribution < 1.29 is 4.74 Å². The summed E-state index contributed by atoms with van der Waals surface area (Å²) in [5.74, 6) is 1.41. The van der Waals surface area contributed by atoms with Crippen molar-refractivity contribution in [1.82, 2.24) is 9.88 Å². The molecule has 0 saturated carbocycles. The van der Waals surface area contributed by atoms with E-state index in [1.54, 1.807) is 18.4 Å². The van der Waals surface area contributed by atoms with Gasteiger partial charge in [-0.1, -0.05) is 26.3 Å². The summed E-state index contributed by atoms with van der Waals surface area (Å²) in [6.07, 6.45) is 4.02. The predicted molar refractivity (Wildman–Crippen MR) is 97.3 cm³/mol. The third-order valence-corrected chi connectivity index (χ3v) is 5.36.